The molecule has 1 aliphatic heterocycles. The van der Waals surface area contributed by atoms with E-state index in [0.717, 1.165) is 12.0 Å². The first-order chi connectivity index (χ1) is 16.9. The Morgan fingerprint density at radius 3 is 2.51 bits per heavy atom. The molecule has 3 rings (SSSR count). The number of benzene rings is 2. The zero-order chi connectivity index (χ0) is 25.2. The molecule has 35 heavy (non-hydrogen) atoms. The maximum Gasteiger partial charge on any atom is 0.329 e. The minimum Gasteiger partial charge on any atom is -0.493 e. The molecule has 2 N–H and O–H groups in total. The Bertz CT molecular complexity index is 1080. The molecule has 0 saturated carbocycles. The fourth-order valence-electron chi connectivity index (χ4n) is 3.22. The number of morpholine rings is 1. The highest BCUT2D eigenvalue weighted by Crippen LogP contribution is 2.36. The quantitative estimate of drug-likeness (QED) is 0.298. The van der Waals surface area contributed by atoms with Crippen LogP contribution in [-0.4, -0.2) is 68.9 Å². The van der Waals surface area contributed by atoms with Gasteiger partial charge in [-0.25, -0.2) is 5.43 Å². The Morgan fingerprint density at radius 1 is 1.14 bits per heavy atom. The monoisotopic (exact) mass is 546 g/mol. The number of anilines is 1. The van der Waals surface area contributed by atoms with Gasteiger partial charge in [0.1, 0.15) is 0 Å². The van der Waals surface area contributed by atoms with E-state index in [1.54, 1.807) is 29.2 Å². The van der Waals surface area contributed by atoms with Crippen LogP contribution in [-0.2, 0) is 25.5 Å². The number of carbonyl (C=O) groups is 3. The van der Waals surface area contributed by atoms with Crippen molar-refractivity contribution in [1.29, 1.82) is 0 Å². The lowest BCUT2D eigenvalue weighted by atomic mass is 10.1. The lowest BCUT2D eigenvalue weighted by Crippen LogP contribution is -2.43. The highest BCUT2D eigenvalue weighted by molar-refractivity contribution is 9.10. The van der Waals surface area contributed by atoms with Crippen LogP contribution in [0.3, 0.4) is 0 Å². The first kappa shape index (κ1) is 26.2. The van der Waals surface area contributed by atoms with Crippen molar-refractivity contribution in [3.63, 3.8) is 0 Å². The molecule has 11 heteroatoms. The second-order valence-corrected chi connectivity index (χ2v) is 8.37. The zero-order valence-electron chi connectivity index (χ0n) is 19.5. The predicted octanol–water partition coefficient (Wildman–Crippen LogP) is 2.35. The van der Waals surface area contributed by atoms with Crippen LogP contribution in [0.2, 0.25) is 0 Å². The molecular weight excluding hydrogens is 520 g/mol. The van der Waals surface area contributed by atoms with Crippen molar-refractivity contribution >= 4 is 45.6 Å². The van der Waals surface area contributed by atoms with Gasteiger partial charge in [-0.1, -0.05) is 19.1 Å². The van der Waals surface area contributed by atoms with Gasteiger partial charge in [0.2, 0.25) is 0 Å². The first-order valence-electron chi connectivity index (χ1n) is 11.0. The topological polar surface area (TPSA) is 119 Å². The van der Waals surface area contributed by atoms with Crippen molar-refractivity contribution in [1.82, 2.24) is 10.3 Å². The SMILES string of the molecule is CCc1ccc(NC(=O)C(=O)N/N=C\c2cc(Br)c(OCC(=O)N3CCOCC3)c(OC)c2)cc1. The van der Waals surface area contributed by atoms with Gasteiger partial charge in [0, 0.05) is 18.8 Å². The van der Waals surface area contributed by atoms with Gasteiger partial charge in [-0.3, -0.25) is 14.4 Å². The molecule has 2 aromatic rings. The van der Waals surface area contributed by atoms with Crippen molar-refractivity contribution in [3.05, 3.63) is 52.0 Å². The van der Waals surface area contributed by atoms with E-state index in [2.05, 4.69) is 31.8 Å². The average Bonchev–Trinajstić information content (AvgIpc) is 2.88. The van der Waals surface area contributed by atoms with Crippen LogP contribution in [0.5, 0.6) is 11.5 Å². The van der Waals surface area contributed by atoms with Gasteiger partial charge in [0.15, 0.2) is 18.1 Å². The Labute approximate surface area is 211 Å². The number of ether oxygens (including phenoxy) is 3. The summed E-state index contributed by atoms with van der Waals surface area (Å²) < 4.78 is 16.9. The van der Waals surface area contributed by atoms with Gasteiger partial charge in [-0.15, -0.1) is 0 Å². The van der Waals surface area contributed by atoms with E-state index < -0.39 is 11.8 Å². The molecule has 1 fully saturated rings. The maximum atomic E-state index is 12.3. The molecule has 0 unspecified atom stereocenters. The van der Waals surface area contributed by atoms with Crippen LogP contribution in [0.15, 0.2) is 46.0 Å². The Kier molecular flexibility index (Phi) is 9.62. The van der Waals surface area contributed by atoms with Gasteiger partial charge in [-0.2, -0.15) is 5.10 Å². The van der Waals surface area contributed by atoms with E-state index in [-0.39, 0.29) is 12.5 Å². The molecule has 0 spiro atoms. The van der Waals surface area contributed by atoms with Crippen molar-refractivity contribution < 1.29 is 28.6 Å². The van der Waals surface area contributed by atoms with Crippen molar-refractivity contribution in [3.8, 4) is 11.5 Å². The van der Waals surface area contributed by atoms with Gasteiger partial charge in [0.05, 0.1) is 31.0 Å². The lowest BCUT2D eigenvalue weighted by molar-refractivity contribution is -0.137. The molecule has 186 valence electrons. The number of hydrogen-bond donors (Lipinski definition) is 2. The average molecular weight is 547 g/mol. The maximum absolute atomic E-state index is 12.3. The third kappa shape index (κ3) is 7.52. The molecule has 0 aromatic heterocycles. The number of methoxy groups -OCH3 is 1. The number of nitrogens with zero attached hydrogens (tertiary/aromatic N) is 2. The second-order valence-electron chi connectivity index (χ2n) is 7.52. The standard InChI is InChI=1S/C24H27BrN4O6/c1-3-16-4-6-18(7-5-16)27-23(31)24(32)28-26-14-17-12-19(25)22(20(13-17)33-2)35-15-21(30)29-8-10-34-11-9-29/h4-7,12-14H,3,8-11,15H2,1-2H3,(H,27,31)(H,28,32)/b26-14-. The minimum absolute atomic E-state index is 0.143. The Morgan fingerprint density at radius 2 is 1.86 bits per heavy atom. The number of halogens is 1. The third-order valence-corrected chi connectivity index (χ3v) is 5.75. The molecule has 3 amide bonds. The second kappa shape index (κ2) is 12.9. The number of aryl methyl sites for hydroxylation is 1. The predicted molar refractivity (Wildman–Crippen MR) is 134 cm³/mol. The van der Waals surface area contributed by atoms with Gasteiger partial charge >= 0.3 is 11.8 Å². The molecule has 0 aliphatic carbocycles. The number of hydrazone groups is 1. The highest BCUT2D eigenvalue weighted by atomic mass is 79.9. The molecule has 1 saturated heterocycles. The van der Waals surface area contributed by atoms with Crippen LogP contribution in [0.1, 0.15) is 18.1 Å². The van der Waals surface area contributed by atoms with Crippen LogP contribution in [0, 0.1) is 0 Å². The molecule has 0 bridgehead atoms. The Hall–Kier alpha value is -3.44. The zero-order valence-corrected chi connectivity index (χ0v) is 21.1. The molecule has 10 nitrogen and oxygen atoms in total. The summed E-state index contributed by atoms with van der Waals surface area (Å²) in [7, 11) is 1.47. The van der Waals surface area contributed by atoms with Crippen molar-refractivity contribution in [2.75, 3.05) is 45.3 Å². The van der Waals surface area contributed by atoms with Gasteiger partial charge < -0.3 is 24.4 Å². The minimum atomic E-state index is -0.909. The molecule has 0 atom stereocenters. The number of rotatable bonds is 8. The first-order valence-corrected chi connectivity index (χ1v) is 11.8. The molecule has 1 aliphatic rings. The van der Waals surface area contributed by atoms with Gasteiger partial charge in [-0.05, 0) is 57.7 Å². The summed E-state index contributed by atoms with van der Waals surface area (Å²) in [5.74, 6) is -1.15. The summed E-state index contributed by atoms with van der Waals surface area (Å²) in [5, 5.41) is 6.35. The lowest BCUT2D eigenvalue weighted by Gasteiger charge is -2.26. The number of hydrogen-bond acceptors (Lipinski definition) is 7. The molecule has 0 radical (unpaired) electrons. The van der Waals surface area contributed by atoms with Crippen LogP contribution >= 0.6 is 15.9 Å². The van der Waals surface area contributed by atoms with E-state index in [4.69, 9.17) is 14.2 Å². The van der Waals surface area contributed by atoms with Gasteiger partial charge in [0.25, 0.3) is 5.91 Å². The van der Waals surface area contributed by atoms with E-state index in [9.17, 15) is 14.4 Å². The van der Waals surface area contributed by atoms with Crippen molar-refractivity contribution in [2.24, 2.45) is 5.10 Å². The molecular formula is C24H27BrN4O6. The summed E-state index contributed by atoms with van der Waals surface area (Å²) in [6, 6.07) is 10.5. The van der Waals surface area contributed by atoms with Crippen molar-refractivity contribution in [2.45, 2.75) is 13.3 Å². The number of nitrogens with one attached hydrogen (secondary N) is 2. The molecule has 2 aromatic carbocycles. The van der Waals surface area contributed by atoms with E-state index >= 15 is 0 Å². The third-order valence-electron chi connectivity index (χ3n) is 5.16. The summed E-state index contributed by atoms with van der Waals surface area (Å²) >= 11 is 3.41. The largest absolute Gasteiger partial charge is 0.493 e. The fraction of sp³-hybridized carbons (Fsp3) is 0.333. The number of amides is 3. The summed E-state index contributed by atoms with van der Waals surface area (Å²) in [5.41, 5.74) is 4.40. The van der Waals surface area contributed by atoms with Crippen LogP contribution in [0.25, 0.3) is 0 Å². The van der Waals surface area contributed by atoms with E-state index in [1.165, 1.54) is 13.3 Å². The summed E-state index contributed by atoms with van der Waals surface area (Å²) in [6.45, 7) is 3.97. The molecule has 1 heterocycles. The van der Waals surface area contributed by atoms with Crippen LogP contribution < -0.4 is 20.2 Å². The van der Waals surface area contributed by atoms with E-state index in [1.807, 2.05) is 19.1 Å². The smallest absolute Gasteiger partial charge is 0.329 e. The Balaban J connectivity index is 1.56. The normalized spacial score (nSPS) is 13.4. The van der Waals surface area contributed by atoms with E-state index in [0.29, 0.717) is 53.5 Å². The summed E-state index contributed by atoms with van der Waals surface area (Å²) in [6.07, 6.45) is 2.24. The van der Waals surface area contributed by atoms with Crippen LogP contribution in [0.4, 0.5) is 5.69 Å². The fourth-order valence-corrected chi connectivity index (χ4v) is 3.79. The number of carbonyl (C=O) groups excluding carboxylic acids is 3. The highest BCUT2D eigenvalue weighted by Gasteiger charge is 2.19. The summed E-state index contributed by atoms with van der Waals surface area (Å²) in [4.78, 5) is 38.2.